The molecule has 3 aromatic rings. The van der Waals surface area contributed by atoms with Crippen molar-refractivity contribution in [2.24, 2.45) is 0 Å². The molecule has 1 N–H and O–H groups in total. The largest absolute Gasteiger partial charge is 0.462 e. The maximum atomic E-state index is 12.4. The second kappa shape index (κ2) is 5.73. The summed E-state index contributed by atoms with van der Waals surface area (Å²) in [6, 6.07) is 5.40. The van der Waals surface area contributed by atoms with Crippen molar-refractivity contribution >= 4 is 28.2 Å². The van der Waals surface area contributed by atoms with Crippen molar-refractivity contribution in [3.8, 4) is 11.3 Å². The fourth-order valence-corrected chi connectivity index (χ4v) is 2.86. The summed E-state index contributed by atoms with van der Waals surface area (Å²) < 4.78 is 4.89. The topological polar surface area (TPSA) is 72.1 Å². The molecule has 1 aromatic carbocycles. The second-order valence-corrected chi connectivity index (χ2v) is 5.83. The minimum atomic E-state index is -0.607. The van der Waals surface area contributed by atoms with Gasteiger partial charge in [0.25, 0.3) is 0 Å². The highest BCUT2D eigenvalue weighted by Crippen LogP contribution is 2.24. The predicted molar refractivity (Wildman–Crippen MR) is 86.4 cm³/mol. The minimum absolute atomic E-state index is 0.0200. The monoisotopic (exact) mass is 314 g/mol. The summed E-state index contributed by atoms with van der Waals surface area (Å²) in [5, 5.41) is 3.42. The van der Waals surface area contributed by atoms with E-state index in [0.717, 1.165) is 16.3 Å². The van der Waals surface area contributed by atoms with E-state index in [-0.39, 0.29) is 17.6 Å². The predicted octanol–water partition coefficient (Wildman–Crippen LogP) is 3.14. The van der Waals surface area contributed by atoms with E-state index in [1.54, 1.807) is 24.3 Å². The molecule has 0 unspecified atom stereocenters. The molecule has 0 bridgehead atoms. The Morgan fingerprint density at radius 1 is 1.41 bits per heavy atom. The fourth-order valence-electron chi connectivity index (χ4n) is 2.24. The van der Waals surface area contributed by atoms with E-state index >= 15 is 0 Å². The van der Waals surface area contributed by atoms with Crippen LogP contribution in [0.5, 0.6) is 0 Å². The van der Waals surface area contributed by atoms with Gasteiger partial charge in [0.1, 0.15) is 5.56 Å². The molecule has 2 aromatic heterocycles. The first-order chi connectivity index (χ1) is 10.6. The number of ether oxygens (including phenoxy) is 1. The molecule has 3 rings (SSSR count). The van der Waals surface area contributed by atoms with E-state index in [0.29, 0.717) is 10.9 Å². The van der Waals surface area contributed by atoms with Gasteiger partial charge in [-0.05, 0) is 26.0 Å². The van der Waals surface area contributed by atoms with Crippen molar-refractivity contribution in [1.82, 2.24) is 9.97 Å². The summed E-state index contributed by atoms with van der Waals surface area (Å²) in [6.45, 7) is 3.89. The maximum absolute atomic E-state index is 12.4. The smallest absolute Gasteiger partial charge is 0.343 e. The van der Waals surface area contributed by atoms with E-state index in [9.17, 15) is 9.59 Å². The highest BCUT2D eigenvalue weighted by Gasteiger charge is 2.14. The molecule has 0 saturated carbocycles. The first-order valence-electron chi connectivity index (χ1n) is 6.85. The van der Waals surface area contributed by atoms with Crippen LogP contribution in [-0.2, 0) is 4.74 Å². The standard InChI is InChI=1S/C16H14N2O3S/c1-3-21-16(20)12-7-17-13-6-10(4-5-11(13)15(12)19)14-8-22-9(2)18-14/h4-8H,3H2,1-2H3,(H,17,19). The summed E-state index contributed by atoms with van der Waals surface area (Å²) in [5.41, 5.74) is 2.16. The number of rotatable bonds is 3. The number of benzene rings is 1. The lowest BCUT2D eigenvalue weighted by Crippen LogP contribution is -2.18. The number of thiazole rings is 1. The van der Waals surface area contributed by atoms with Gasteiger partial charge in [-0.3, -0.25) is 4.79 Å². The van der Waals surface area contributed by atoms with Crippen LogP contribution in [0.4, 0.5) is 0 Å². The van der Waals surface area contributed by atoms with Crippen LogP contribution in [0.2, 0.25) is 0 Å². The van der Waals surface area contributed by atoms with Crippen LogP contribution < -0.4 is 5.43 Å². The van der Waals surface area contributed by atoms with E-state index in [1.165, 1.54) is 6.20 Å². The number of carbonyl (C=O) groups excluding carboxylic acids is 1. The molecular formula is C16H14N2O3S. The number of fused-ring (bicyclic) bond motifs is 1. The molecule has 0 spiro atoms. The summed E-state index contributed by atoms with van der Waals surface area (Å²) in [7, 11) is 0. The summed E-state index contributed by atoms with van der Waals surface area (Å²) in [6.07, 6.45) is 1.40. The average Bonchev–Trinajstić information content (AvgIpc) is 2.94. The number of esters is 1. The number of hydrogen-bond donors (Lipinski definition) is 1. The molecule has 5 nitrogen and oxygen atoms in total. The van der Waals surface area contributed by atoms with Crippen molar-refractivity contribution in [2.45, 2.75) is 13.8 Å². The van der Waals surface area contributed by atoms with Crippen LogP contribution in [0.25, 0.3) is 22.2 Å². The lowest BCUT2D eigenvalue weighted by molar-refractivity contribution is 0.0524. The molecule has 0 fully saturated rings. The zero-order valence-electron chi connectivity index (χ0n) is 12.2. The zero-order chi connectivity index (χ0) is 15.7. The summed E-state index contributed by atoms with van der Waals surface area (Å²) in [5.74, 6) is -0.607. The van der Waals surface area contributed by atoms with Crippen LogP contribution in [0, 0.1) is 6.92 Å². The highest BCUT2D eigenvalue weighted by molar-refractivity contribution is 7.09. The molecule has 0 radical (unpaired) electrons. The molecule has 0 amide bonds. The first-order valence-corrected chi connectivity index (χ1v) is 7.73. The molecule has 0 atom stereocenters. The van der Waals surface area contributed by atoms with Gasteiger partial charge in [0.05, 0.1) is 17.3 Å². The Kier molecular flexibility index (Phi) is 3.77. The van der Waals surface area contributed by atoms with Crippen LogP contribution in [0.1, 0.15) is 22.3 Å². The normalized spacial score (nSPS) is 10.8. The molecule has 6 heteroatoms. The Morgan fingerprint density at radius 2 is 2.23 bits per heavy atom. The SMILES string of the molecule is CCOC(=O)c1c[nH]c2cc(-c3csc(C)n3)ccc2c1=O. The molecule has 0 aliphatic carbocycles. The number of pyridine rings is 1. The Balaban J connectivity index is 2.10. The van der Waals surface area contributed by atoms with E-state index in [2.05, 4.69) is 9.97 Å². The Morgan fingerprint density at radius 3 is 2.91 bits per heavy atom. The fraction of sp³-hybridized carbons (Fsp3) is 0.188. The molecule has 2 heterocycles. The third-order valence-electron chi connectivity index (χ3n) is 3.29. The van der Waals surface area contributed by atoms with Gasteiger partial charge < -0.3 is 9.72 Å². The second-order valence-electron chi connectivity index (χ2n) is 4.76. The lowest BCUT2D eigenvalue weighted by Gasteiger charge is -2.04. The van der Waals surface area contributed by atoms with Gasteiger partial charge in [-0.15, -0.1) is 11.3 Å². The number of nitrogens with one attached hydrogen (secondary N) is 1. The number of aromatic amines is 1. The molecule has 0 aliphatic heterocycles. The molecule has 0 saturated heterocycles. The number of hydrogen-bond acceptors (Lipinski definition) is 5. The van der Waals surface area contributed by atoms with Crippen LogP contribution in [-0.4, -0.2) is 22.5 Å². The van der Waals surface area contributed by atoms with E-state index in [1.807, 2.05) is 24.4 Å². The molecular weight excluding hydrogens is 300 g/mol. The van der Waals surface area contributed by atoms with Crippen LogP contribution in [0.15, 0.2) is 34.6 Å². The number of H-pyrrole nitrogens is 1. The van der Waals surface area contributed by atoms with Crippen molar-refractivity contribution in [3.05, 3.63) is 50.6 Å². The molecule has 22 heavy (non-hydrogen) atoms. The van der Waals surface area contributed by atoms with E-state index < -0.39 is 5.97 Å². The Bertz CT molecular complexity index is 911. The number of aryl methyl sites for hydroxylation is 1. The lowest BCUT2D eigenvalue weighted by atomic mass is 10.1. The van der Waals surface area contributed by atoms with Crippen LogP contribution in [0.3, 0.4) is 0 Å². The van der Waals surface area contributed by atoms with Gasteiger partial charge in [0.2, 0.25) is 5.43 Å². The molecule has 112 valence electrons. The Hall–Kier alpha value is -2.47. The van der Waals surface area contributed by atoms with Gasteiger partial charge in [0.15, 0.2) is 0 Å². The van der Waals surface area contributed by atoms with Gasteiger partial charge >= 0.3 is 5.97 Å². The number of carbonyl (C=O) groups is 1. The van der Waals surface area contributed by atoms with Gasteiger partial charge in [0, 0.05) is 28.0 Å². The maximum Gasteiger partial charge on any atom is 0.343 e. The van der Waals surface area contributed by atoms with Gasteiger partial charge in [-0.25, -0.2) is 9.78 Å². The Labute approximate surface area is 130 Å². The van der Waals surface area contributed by atoms with Crippen molar-refractivity contribution < 1.29 is 9.53 Å². The summed E-state index contributed by atoms with van der Waals surface area (Å²) in [4.78, 5) is 31.5. The minimum Gasteiger partial charge on any atom is -0.462 e. The third-order valence-corrected chi connectivity index (χ3v) is 4.06. The zero-order valence-corrected chi connectivity index (χ0v) is 13.0. The highest BCUT2D eigenvalue weighted by atomic mass is 32.1. The van der Waals surface area contributed by atoms with Crippen molar-refractivity contribution in [1.29, 1.82) is 0 Å². The number of nitrogens with zero attached hydrogens (tertiary/aromatic N) is 1. The average molecular weight is 314 g/mol. The van der Waals surface area contributed by atoms with Gasteiger partial charge in [-0.2, -0.15) is 0 Å². The quantitative estimate of drug-likeness (QED) is 0.754. The van der Waals surface area contributed by atoms with Crippen molar-refractivity contribution in [2.75, 3.05) is 6.61 Å². The first kappa shape index (κ1) is 14.5. The van der Waals surface area contributed by atoms with E-state index in [4.69, 9.17) is 4.74 Å². The number of aromatic nitrogens is 2. The van der Waals surface area contributed by atoms with Crippen LogP contribution >= 0.6 is 11.3 Å². The van der Waals surface area contributed by atoms with Gasteiger partial charge in [-0.1, -0.05) is 6.07 Å². The summed E-state index contributed by atoms with van der Waals surface area (Å²) >= 11 is 1.58. The van der Waals surface area contributed by atoms with Crippen molar-refractivity contribution in [3.63, 3.8) is 0 Å². The third kappa shape index (κ3) is 2.53. The molecule has 0 aliphatic rings.